The Kier molecular flexibility index (Phi) is 3.90. The summed E-state index contributed by atoms with van der Waals surface area (Å²) in [4.78, 5) is 0. The van der Waals surface area contributed by atoms with Crippen LogP contribution in [0.5, 0.6) is 0 Å². The van der Waals surface area contributed by atoms with Crippen LogP contribution in [0.3, 0.4) is 0 Å². The summed E-state index contributed by atoms with van der Waals surface area (Å²) in [5.74, 6) is 0.461. The van der Waals surface area contributed by atoms with E-state index in [2.05, 4.69) is 40.0 Å². The zero-order valence-corrected chi connectivity index (χ0v) is 12.3. The van der Waals surface area contributed by atoms with E-state index in [0.717, 1.165) is 15.9 Å². The topological polar surface area (TPSA) is 76.4 Å². The molecular weight excluding hydrogens is 308 g/mol. The molecule has 0 aliphatic heterocycles. The first-order valence-electron chi connectivity index (χ1n) is 5.86. The molecule has 1 aromatic carbocycles. The number of rotatable bonds is 3. The first kappa shape index (κ1) is 13.6. The van der Waals surface area contributed by atoms with E-state index in [1.54, 1.807) is 10.7 Å². The number of hydrogen-bond acceptors (Lipinski definition) is 3. The Morgan fingerprint density at radius 2 is 2.16 bits per heavy atom. The highest BCUT2D eigenvalue weighted by atomic mass is 79.9. The van der Waals surface area contributed by atoms with Crippen molar-refractivity contribution in [2.45, 2.75) is 19.8 Å². The molecule has 0 bridgehead atoms. The minimum atomic E-state index is 0.0711. The van der Waals surface area contributed by atoms with Crippen molar-refractivity contribution >= 4 is 21.8 Å². The van der Waals surface area contributed by atoms with Gasteiger partial charge in [0.25, 0.3) is 0 Å². The first-order chi connectivity index (χ1) is 9.02. The second-order valence-electron chi connectivity index (χ2n) is 4.49. The molecule has 1 heterocycles. The number of nitrogens with zero attached hydrogens (tertiary/aromatic N) is 3. The van der Waals surface area contributed by atoms with E-state index < -0.39 is 0 Å². The zero-order chi connectivity index (χ0) is 14.0. The summed E-state index contributed by atoms with van der Waals surface area (Å²) in [5, 5.41) is 16.2. The predicted molar refractivity (Wildman–Crippen MR) is 77.9 cm³/mol. The third-order valence-electron chi connectivity index (χ3n) is 2.80. The summed E-state index contributed by atoms with van der Waals surface area (Å²) in [7, 11) is 0. The van der Waals surface area contributed by atoms with Crippen LogP contribution in [-0.4, -0.2) is 20.8 Å². The Balaban J connectivity index is 2.38. The summed E-state index contributed by atoms with van der Waals surface area (Å²) in [5.41, 5.74) is 8.17. The minimum Gasteiger partial charge on any atom is -0.409 e. The normalized spacial score (nSPS) is 12.1. The van der Waals surface area contributed by atoms with Gasteiger partial charge in [-0.25, -0.2) is 4.68 Å². The maximum Gasteiger partial charge on any atom is 0.171 e. The van der Waals surface area contributed by atoms with E-state index in [9.17, 15) is 0 Å². The van der Waals surface area contributed by atoms with Gasteiger partial charge in [0.05, 0.1) is 11.4 Å². The SMILES string of the molecule is CC(C)c1ccn(-c2ccc(/C(N)=N/O)c(Br)c2)n1. The fourth-order valence-corrected chi connectivity index (χ4v) is 2.27. The smallest absolute Gasteiger partial charge is 0.171 e. The van der Waals surface area contributed by atoms with Gasteiger partial charge in [0.15, 0.2) is 5.84 Å². The third kappa shape index (κ3) is 2.78. The van der Waals surface area contributed by atoms with Gasteiger partial charge in [-0.15, -0.1) is 0 Å². The molecule has 0 atom stereocenters. The van der Waals surface area contributed by atoms with Crippen LogP contribution in [0.25, 0.3) is 5.69 Å². The maximum absolute atomic E-state index is 8.69. The van der Waals surface area contributed by atoms with Crippen molar-refractivity contribution in [2.24, 2.45) is 10.9 Å². The maximum atomic E-state index is 8.69. The van der Waals surface area contributed by atoms with Gasteiger partial charge in [-0.05, 0) is 46.1 Å². The molecule has 1 aromatic heterocycles. The fraction of sp³-hybridized carbons (Fsp3) is 0.231. The van der Waals surface area contributed by atoms with E-state index in [1.165, 1.54) is 0 Å². The van der Waals surface area contributed by atoms with Crippen LogP contribution in [0, 0.1) is 0 Å². The lowest BCUT2D eigenvalue weighted by atomic mass is 10.1. The highest BCUT2D eigenvalue weighted by molar-refractivity contribution is 9.10. The van der Waals surface area contributed by atoms with E-state index in [-0.39, 0.29) is 5.84 Å². The monoisotopic (exact) mass is 322 g/mol. The van der Waals surface area contributed by atoms with Crippen molar-refractivity contribution in [3.05, 3.63) is 46.2 Å². The molecule has 0 unspecified atom stereocenters. The van der Waals surface area contributed by atoms with Gasteiger partial charge in [-0.3, -0.25) is 0 Å². The Morgan fingerprint density at radius 1 is 1.42 bits per heavy atom. The molecule has 2 aromatic rings. The van der Waals surface area contributed by atoms with E-state index >= 15 is 0 Å². The molecule has 0 aliphatic rings. The lowest BCUT2D eigenvalue weighted by molar-refractivity contribution is 0.318. The van der Waals surface area contributed by atoms with Crippen molar-refractivity contribution in [2.75, 3.05) is 0 Å². The fourth-order valence-electron chi connectivity index (χ4n) is 1.70. The molecular formula is C13H15BrN4O. The Bertz CT molecular complexity index is 619. The van der Waals surface area contributed by atoms with Gasteiger partial charge in [0.2, 0.25) is 0 Å². The first-order valence-corrected chi connectivity index (χ1v) is 6.65. The zero-order valence-electron chi connectivity index (χ0n) is 10.7. The van der Waals surface area contributed by atoms with E-state index in [0.29, 0.717) is 11.5 Å². The molecule has 2 rings (SSSR count). The van der Waals surface area contributed by atoms with Crippen molar-refractivity contribution in [3.63, 3.8) is 0 Å². The second kappa shape index (κ2) is 5.44. The molecule has 6 heteroatoms. The summed E-state index contributed by atoms with van der Waals surface area (Å²) in [6.07, 6.45) is 1.92. The lowest BCUT2D eigenvalue weighted by Gasteiger charge is -2.06. The number of benzene rings is 1. The van der Waals surface area contributed by atoms with Crippen molar-refractivity contribution in [3.8, 4) is 5.69 Å². The molecule has 0 spiro atoms. The average Bonchev–Trinajstić information content (AvgIpc) is 2.87. The largest absolute Gasteiger partial charge is 0.409 e. The lowest BCUT2D eigenvalue weighted by Crippen LogP contribution is -2.14. The standard InChI is InChI=1S/C13H15BrN4O/c1-8(2)12-5-6-18(16-12)9-3-4-10(11(14)7-9)13(15)17-19/h3-8,19H,1-2H3,(H2,15,17). The summed E-state index contributed by atoms with van der Waals surface area (Å²) in [6, 6.07) is 7.53. The van der Waals surface area contributed by atoms with Crippen molar-refractivity contribution < 1.29 is 5.21 Å². The Morgan fingerprint density at radius 3 is 2.68 bits per heavy atom. The van der Waals surface area contributed by atoms with Crippen LogP contribution in [-0.2, 0) is 0 Å². The molecule has 5 nitrogen and oxygen atoms in total. The van der Waals surface area contributed by atoms with Gasteiger partial charge in [-0.1, -0.05) is 19.0 Å². The van der Waals surface area contributed by atoms with Crippen LogP contribution in [0.2, 0.25) is 0 Å². The molecule has 3 N–H and O–H groups in total. The quantitative estimate of drug-likeness (QED) is 0.395. The molecule has 100 valence electrons. The summed E-state index contributed by atoms with van der Waals surface area (Å²) < 4.78 is 2.55. The number of halogens is 1. The number of amidine groups is 1. The Labute approximate surface area is 119 Å². The van der Waals surface area contributed by atoms with Crippen LogP contribution >= 0.6 is 15.9 Å². The molecule has 0 fully saturated rings. The van der Waals surface area contributed by atoms with Crippen molar-refractivity contribution in [1.29, 1.82) is 0 Å². The third-order valence-corrected chi connectivity index (χ3v) is 3.46. The molecule has 19 heavy (non-hydrogen) atoms. The van der Waals surface area contributed by atoms with Crippen LogP contribution in [0.4, 0.5) is 0 Å². The molecule has 0 radical (unpaired) electrons. The second-order valence-corrected chi connectivity index (χ2v) is 5.34. The molecule has 0 saturated heterocycles. The number of aromatic nitrogens is 2. The van der Waals surface area contributed by atoms with Gasteiger partial charge in [0, 0.05) is 16.2 Å². The summed E-state index contributed by atoms with van der Waals surface area (Å²) >= 11 is 3.41. The van der Waals surface area contributed by atoms with Crippen LogP contribution < -0.4 is 5.73 Å². The number of oxime groups is 1. The van der Waals surface area contributed by atoms with Gasteiger partial charge >= 0.3 is 0 Å². The Hall–Kier alpha value is -1.82. The molecule has 0 saturated carbocycles. The van der Waals surface area contributed by atoms with Gasteiger partial charge < -0.3 is 10.9 Å². The highest BCUT2D eigenvalue weighted by Gasteiger charge is 2.09. The minimum absolute atomic E-state index is 0.0711. The van der Waals surface area contributed by atoms with Gasteiger partial charge in [0.1, 0.15) is 0 Å². The number of nitrogens with two attached hydrogens (primary N) is 1. The highest BCUT2D eigenvalue weighted by Crippen LogP contribution is 2.21. The molecule has 0 amide bonds. The van der Waals surface area contributed by atoms with Gasteiger partial charge in [-0.2, -0.15) is 5.10 Å². The number of hydrogen-bond donors (Lipinski definition) is 2. The molecule has 0 aliphatic carbocycles. The van der Waals surface area contributed by atoms with Crippen molar-refractivity contribution in [1.82, 2.24) is 9.78 Å². The van der Waals surface area contributed by atoms with E-state index in [1.807, 2.05) is 24.4 Å². The van der Waals surface area contributed by atoms with Crippen LogP contribution in [0.15, 0.2) is 40.1 Å². The summed E-state index contributed by atoms with van der Waals surface area (Å²) in [6.45, 7) is 4.20. The van der Waals surface area contributed by atoms with Crippen LogP contribution in [0.1, 0.15) is 31.0 Å². The average molecular weight is 323 g/mol. The predicted octanol–water partition coefficient (Wildman–Crippen LogP) is 2.85. The van der Waals surface area contributed by atoms with E-state index in [4.69, 9.17) is 10.9 Å².